The molecule has 2 rings (SSSR count). The first-order valence-electron chi connectivity index (χ1n) is 8.84. The van der Waals surface area contributed by atoms with Crippen LogP contribution in [0.25, 0.3) is 0 Å². The highest BCUT2D eigenvalue weighted by Gasteiger charge is 2.37. The number of rotatable bonds is 5. The smallest absolute Gasteiger partial charge is 0.416 e. The SMILES string of the molecule is CCC(Cc1ccc(C(F)(F)F)cc1)C(=O)N1CCC[C@H](C(=O)O)[C@@H]1C. The zero-order valence-corrected chi connectivity index (χ0v) is 14.9. The largest absolute Gasteiger partial charge is 0.481 e. The molecule has 0 saturated carbocycles. The second-order valence-electron chi connectivity index (χ2n) is 6.86. The molecule has 0 aliphatic carbocycles. The molecule has 0 spiro atoms. The molecular weight excluding hydrogens is 347 g/mol. The van der Waals surface area contributed by atoms with Crippen molar-refractivity contribution in [3.05, 3.63) is 35.4 Å². The van der Waals surface area contributed by atoms with Gasteiger partial charge in [0, 0.05) is 18.5 Å². The van der Waals surface area contributed by atoms with Crippen LogP contribution < -0.4 is 0 Å². The van der Waals surface area contributed by atoms with Gasteiger partial charge >= 0.3 is 12.1 Å². The summed E-state index contributed by atoms with van der Waals surface area (Å²) in [6, 6.07) is 4.47. The average Bonchev–Trinajstić information content (AvgIpc) is 2.58. The number of amides is 1. The Kier molecular flexibility index (Phi) is 6.31. The van der Waals surface area contributed by atoms with E-state index < -0.39 is 23.6 Å². The van der Waals surface area contributed by atoms with Crippen molar-refractivity contribution in [1.82, 2.24) is 4.90 Å². The fraction of sp³-hybridized carbons (Fsp3) is 0.579. The van der Waals surface area contributed by atoms with E-state index in [1.807, 2.05) is 6.92 Å². The van der Waals surface area contributed by atoms with Gasteiger partial charge in [0.2, 0.25) is 5.91 Å². The van der Waals surface area contributed by atoms with Gasteiger partial charge in [0.05, 0.1) is 11.5 Å². The Hall–Kier alpha value is -2.05. The van der Waals surface area contributed by atoms with Crippen LogP contribution in [0.2, 0.25) is 0 Å². The highest BCUT2D eigenvalue weighted by molar-refractivity contribution is 5.81. The number of benzene rings is 1. The minimum absolute atomic E-state index is 0.120. The standard InChI is InChI=1S/C19H24F3NO3/c1-3-14(11-13-6-8-15(9-7-13)19(20,21)22)17(24)23-10-4-5-16(12(23)2)18(25)26/h6-9,12,14,16H,3-5,10-11H2,1-2H3,(H,25,26)/t12-,14?,16-/m0/s1. The number of aliphatic carboxylic acids is 1. The van der Waals surface area contributed by atoms with E-state index in [1.165, 1.54) is 12.1 Å². The van der Waals surface area contributed by atoms with Crippen molar-refractivity contribution >= 4 is 11.9 Å². The minimum atomic E-state index is -4.38. The molecule has 1 amide bonds. The molecule has 0 bridgehead atoms. The Morgan fingerprint density at radius 2 is 1.88 bits per heavy atom. The number of nitrogens with zero attached hydrogens (tertiary/aromatic N) is 1. The molecule has 1 unspecified atom stereocenters. The van der Waals surface area contributed by atoms with Gasteiger partial charge in [-0.3, -0.25) is 9.59 Å². The van der Waals surface area contributed by atoms with Gasteiger partial charge in [0.1, 0.15) is 0 Å². The number of carbonyl (C=O) groups is 2. The van der Waals surface area contributed by atoms with E-state index >= 15 is 0 Å². The lowest BCUT2D eigenvalue weighted by molar-refractivity contribution is -0.150. The maximum atomic E-state index is 12.9. The number of halogens is 3. The number of carboxylic acids is 1. The van der Waals surface area contributed by atoms with Crippen molar-refractivity contribution < 1.29 is 27.9 Å². The Morgan fingerprint density at radius 3 is 2.38 bits per heavy atom. The third kappa shape index (κ3) is 4.56. The minimum Gasteiger partial charge on any atom is -0.481 e. The summed E-state index contributed by atoms with van der Waals surface area (Å²) < 4.78 is 38.0. The first-order valence-corrected chi connectivity index (χ1v) is 8.84. The van der Waals surface area contributed by atoms with Crippen molar-refractivity contribution in [2.45, 2.75) is 51.7 Å². The number of hydrogen-bond acceptors (Lipinski definition) is 2. The van der Waals surface area contributed by atoms with Gasteiger partial charge in [0.25, 0.3) is 0 Å². The van der Waals surface area contributed by atoms with Crippen molar-refractivity contribution in [1.29, 1.82) is 0 Å². The number of likely N-dealkylation sites (tertiary alicyclic amines) is 1. The Morgan fingerprint density at radius 1 is 1.27 bits per heavy atom. The second-order valence-corrected chi connectivity index (χ2v) is 6.86. The van der Waals surface area contributed by atoms with Crippen LogP contribution in [0.3, 0.4) is 0 Å². The van der Waals surface area contributed by atoms with Gasteiger partial charge in [-0.2, -0.15) is 13.2 Å². The molecule has 0 aromatic heterocycles. The third-order valence-corrected chi connectivity index (χ3v) is 5.19. The monoisotopic (exact) mass is 371 g/mol. The molecule has 7 heteroatoms. The number of alkyl halides is 3. The summed E-state index contributed by atoms with van der Waals surface area (Å²) in [4.78, 5) is 25.9. The molecule has 1 aromatic rings. The van der Waals surface area contributed by atoms with E-state index in [4.69, 9.17) is 0 Å². The normalized spacial score (nSPS) is 22.1. The van der Waals surface area contributed by atoms with Gasteiger partial charge in [-0.15, -0.1) is 0 Å². The highest BCUT2D eigenvalue weighted by atomic mass is 19.4. The summed E-state index contributed by atoms with van der Waals surface area (Å²) in [6.45, 7) is 4.13. The Balaban J connectivity index is 2.10. The molecule has 144 valence electrons. The molecular formula is C19H24F3NO3. The third-order valence-electron chi connectivity index (χ3n) is 5.19. The van der Waals surface area contributed by atoms with Crippen molar-refractivity contribution in [3.8, 4) is 0 Å². The first-order chi connectivity index (χ1) is 12.1. The van der Waals surface area contributed by atoms with E-state index in [0.717, 1.165) is 12.1 Å². The van der Waals surface area contributed by atoms with Crippen LogP contribution >= 0.6 is 0 Å². The predicted octanol–water partition coefficient (Wildman–Crippen LogP) is 3.99. The Labute approximate surface area is 151 Å². The van der Waals surface area contributed by atoms with E-state index in [9.17, 15) is 27.9 Å². The molecule has 1 aromatic carbocycles. The zero-order chi connectivity index (χ0) is 19.5. The van der Waals surface area contributed by atoms with Crippen molar-refractivity contribution in [2.24, 2.45) is 11.8 Å². The topological polar surface area (TPSA) is 57.6 Å². The van der Waals surface area contributed by atoms with Gasteiger partial charge in [-0.1, -0.05) is 19.1 Å². The van der Waals surface area contributed by atoms with Gasteiger partial charge in [-0.05, 0) is 50.3 Å². The molecule has 26 heavy (non-hydrogen) atoms. The molecule has 1 aliphatic heterocycles. The molecule has 4 nitrogen and oxygen atoms in total. The first kappa shape index (κ1) is 20.3. The number of hydrogen-bond donors (Lipinski definition) is 1. The summed E-state index contributed by atoms with van der Waals surface area (Å²) in [7, 11) is 0. The number of carboxylic acid groups (broad SMARTS) is 1. The van der Waals surface area contributed by atoms with Crippen LogP contribution in [0.1, 0.15) is 44.2 Å². The van der Waals surface area contributed by atoms with Crippen LogP contribution in [-0.4, -0.2) is 34.5 Å². The summed E-state index contributed by atoms with van der Waals surface area (Å²) >= 11 is 0. The van der Waals surface area contributed by atoms with Crippen LogP contribution in [0.5, 0.6) is 0 Å². The summed E-state index contributed by atoms with van der Waals surface area (Å²) in [5.74, 6) is -1.96. The molecule has 1 heterocycles. The van der Waals surface area contributed by atoms with E-state index in [1.54, 1.807) is 11.8 Å². The van der Waals surface area contributed by atoms with Gasteiger partial charge < -0.3 is 10.0 Å². The van der Waals surface area contributed by atoms with Crippen LogP contribution in [0, 0.1) is 11.8 Å². The maximum absolute atomic E-state index is 12.9. The molecule has 0 radical (unpaired) electrons. The van der Waals surface area contributed by atoms with Crippen molar-refractivity contribution in [3.63, 3.8) is 0 Å². The molecule has 1 fully saturated rings. The van der Waals surface area contributed by atoms with Gasteiger partial charge in [-0.25, -0.2) is 0 Å². The molecule has 1 saturated heterocycles. The zero-order valence-electron chi connectivity index (χ0n) is 14.9. The summed E-state index contributed by atoms with van der Waals surface area (Å²) in [6.07, 6.45) is -2.30. The van der Waals surface area contributed by atoms with Crippen LogP contribution in [0.15, 0.2) is 24.3 Å². The fourth-order valence-electron chi connectivity index (χ4n) is 3.54. The number of piperidine rings is 1. The second kappa shape index (κ2) is 8.10. The summed E-state index contributed by atoms with van der Waals surface area (Å²) in [5.41, 5.74) is -0.0489. The van der Waals surface area contributed by atoms with Crippen molar-refractivity contribution in [2.75, 3.05) is 6.54 Å². The lowest BCUT2D eigenvalue weighted by Crippen LogP contribution is -2.51. The molecule has 1 N–H and O–H groups in total. The van der Waals surface area contributed by atoms with E-state index in [-0.39, 0.29) is 17.9 Å². The van der Waals surface area contributed by atoms with Gasteiger partial charge in [0.15, 0.2) is 0 Å². The lowest BCUT2D eigenvalue weighted by Gasteiger charge is -2.39. The molecule has 3 atom stereocenters. The molecule has 1 aliphatic rings. The summed E-state index contributed by atoms with van der Waals surface area (Å²) in [5, 5.41) is 9.30. The number of carbonyl (C=O) groups excluding carboxylic acids is 1. The Bertz CT molecular complexity index is 642. The quantitative estimate of drug-likeness (QED) is 0.852. The fourth-order valence-corrected chi connectivity index (χ4v) is 3.54. The van der Waals surface area contributed by atoms with Crippen LogP contribution in [0.4, 0.5) is 13.2 Å². The van der Waals surface area contributed by atoms with E-state index in [2.05, 4.69) is 0 Å². The van der Waals surface area contributed by atoms with E-state index in [0.29, 0.717) is 37.8 Å². The predicted molar refractivity (Wildman–Crippen MR) is 90.5 cm³/mol. The maximum Gasteiger partial charge on any atom is 0.416 e. The highest BCUT2D eigenvalue weighted by Crippen LogP contribution is 2.30. The average molecular weight is 371 g/mol. The lowest BCUT2D eigenvalue weighted by atomic mass is 9.87. The van der Waals surface area contributed by atoms with Crippen LogP contribution in [-0.2, 0) is 22.2 Å².